The molecule has 0 radical (unpaired) electrons. The van der Waals surface area contributed by atoms with Gasteiger partial charge in [-0.1, -0.05) is 60.7 Å². The van der Waals surface area contributed by atoms with E-state index in [-0.39, 0.29) is 0 Å². The first-order valence-electron chi connectivity index (χ1n) is 11.4. The van der Waals surface area contributed by atoms with Gasteiger partial charge in [-0.05, 0) is 65.2 Å². The second-order valence-corrected chi connectivity index (χ2v) is 8.74. The summed E-state index contributed by atoms with van der Waals surface area (Å²) in [4.78, 5) is 9.49. The molecule has 3 heteroatoms. The molecule has 0 aliphatic carbocycles. The van der Waals surface area contributed by atoms with Gasteiger partial charge in [-0.3, -0.25) is 4.98 Å². The summed E-state index contributed by atoms with van der Waals surface area (Å²) in [7, 11) is 0. The summed E-state index contributed by atoms with van der Waals surface area (Å²) in [5.41, 5.74) is 7.73. The molecule has 0 aliphatic rings. The molecule has 0 saturated carbocycles. The number of fused-ring (bicyclic) bond motifs is 6. The van der Waals surface area contributed by atoms with Gasteiger partial charge in [-0.25, -0.2) is 4.98 Å². The van der Waals surface area contributed by atoms with Gasteiger partial charge < -0.3 is 4.42 Å². The van der Waals surface area contributed by atoms with E-state index in [2.05, 4.69) is 91.0 Å². The Hall–Kier alpha value is -4.50. The summed E-state index contributed by atoms with van der Waals surface area (Å²) >= 11 is 0. The van der Waals surface area contributed by atoms with Gasteiger partial charge >= 0.3 is 0 Å². The lowest BCUT2D eigenvalue weighted by atomic mass is 9.99. The van der Waals surface area contributed by atoms with Gasteiger partial charge in [0.25, 0.3) is 0 Å². The summed E-state index contributed by atoms with van der Waals surface area (Å²) in [5.74, 6) is 0. The fraction of sp³-hybridized carbons (Fsp3) is 0.0323. The summed E-state index contributed by atoms with van der Waals surface area (Å²) in [6.45, 7) is 2.01. The average Bonchev–Trinajstić information content (AvgIpc) is 3.28. The Labute approximate surface area is 196 Å². The molecule has 0 atom stereocenters. The van der Waals surface area contributed by atoms with Gasteiger partial charge in [-0.15, -0.1) is 0 Å². The number of rotatable bonds is 2. The number of hydrogen-bond acceptors (Lipinski definition) is 3. The standard InChI is InChI=1S/C31H20N2O/c1-19-9-10-21-13-14-26-25-7-4-8-27(30(25)34-31(26)29(21)33-19)28-18-24(15-16-32-28)23-12-11-20-5-2-3-6-22(20)17-23/h2-18H,1H3. The van der Waals surface area contributed by atoms with Crippen molar-refractivity contribution < 1.29 is 4.42 Å². The Balaban J connectivity index is 1.43. The van der Waals surface area contributed by atoms with Gasteiger partial charge in [0.15, 0.2) is 5.58 Å². The minimum Gasteiger partial charge on any atom is -0.453 e. The molecule has 160 valence electrons. The molecule has 0 unspecified atom stereocenters. The predicted octanol–water partition coefficient (Wildman–Crippen LogP) is 8.32. The number of benzene rings is 4. The van der Waals surface area contributed by atoms with Gasteiger partial charge in [0.05, 0.1) is 5.69 Å². The normalized spacial score (nSPS) is 11.7. The van der Waals surface area contributed by atoms with Crippen molar-refractivity contribution in [2.75, 3.05) is 0 Å². The van der Waals surface area contributed by atoms with Crippen LogP contribution in [0.5, 0.6) is 0 Å². The van der Waals surface area contributed by atoms with Crippen molar-refractivity contribution in [2.45, 2.75) is 6.92 Å². The molecule has 7 aromatic rings. The van der Waals surface area contributed by atoms with Crippen LogP contribution in [0, 0.1) is 6.92 Å². The van der Waals surface area contributed by atoms with E-state index in [0.29, 0.717) is 0 Å². The van der Waals surface area contributed by atoms with Crippen LogP contribution < -0.4 is 0 Å². The number of aromatic nitrogens is 2. The number of nitrogens with zero attached hydrogens (tertiary/aromatic N) is 2. The highest BCUT2D eigenvalue weighted by molar-refractivity contribution is 6.16. The van der Waals surface area contributed by atoms with Crippen molar-refractivity contribution in [3.8, 4) is 22.4 Å². The summed E-state index contributed by atoms with van der Waals surface area (Å²) in [5, 5.41) is 5.70. The van der Waals surface area contributed by atoms with Crippen LogP contribution in [-0.4, -0.2) is 9.97 Å². The summed E-state index contributed by atoms with van der Waals surface area (Å²) in [6.07, 6.45) is 1.88. The lowest BCUT2D eigenvalue weighted by Crippen LogP contribution is -1.86. The Morgan fingerprint density at radius 1 is 0.618 bits per heavy atom. The SMILES string of the molecule is Cc1ccc2ccc3c4cccc(-c5cc(-c6ccc7ccccc7c6)ccn5)c4oc3c2n1. The first-order chi connectivity index (χ1) is 16.7. The summed E-state index contributed by atoms with van der Waals surface area (Å²) in [6, 6.07) is 33.9. The second-order valence-electron chi connectivity index (χ2n) is 8.74. The molecule has 34 heavy (non-hydrogen) atoms. The van der Waals surface area contributed by atoms with Crippen LogP contribution in [-0.2, 0) is 0 Å². The van der Waals surface area contributed by atoms with Crippen molar-refractivity contribution >= 4 is 43.6 Å². The zero-order valence-corrected chi connectivity index (χ0v) is 18.6. The van der Waals surface area contributed by atoms with E-state index in [9.17, 15) is 0 Å². The molecule has 0 saturated heterocycles. The third-order valence-electron chi connectivity index (χ3n) is 6.58. The monoisotopic (exact) mass is 436 g/mol. The van der Waals surface area contributed by atoms with E-state index in [1.165, 1.54) is 16.3 Å². The van der Waals surface area contributed by atoms with E-state index >= 15 is 0 Å². The molecule has 4 aromatic carbocycles. The Kier molecular flexibility index (Phi) is 4.06. The smallest absolute Gasteiger partial charge is 0.161 e. The largest absolute Gasteiger partial charge is 0.453 e. The molecule has 3 nitrogen and oxygen atoms in total. The molecule has 0 fully saturated rings. The fourth-order valence-corrected chi connectivity index (χ4v) is 4.86. The summed E-state index contributed by atoms with van der Waals surface area (Å²) < 4.78 is 6.51. The highest BCUT2D eigenvalue weighted by atomic mass is 16.3. The molecule has 7 rings (SSSR count). The van der Waals surface area contributed by atoms with Crippen molar-refractivity contribution in [3.05, 3.63) is 109 Å². The van der Waals surface area contributed by atoms with Crippen LogP contribution >= 0.6 is 0 Å². The van der Waals surface area contributed by atoms with Crippen molar-refractivity contribution in [1.29, 1.82) is 0 Å². The van der Waals surface area contributed by atoms with E-state index in [0.717, 1.165) is 55.4 Å². The second kappa shape index (κ2) is 7.26. The topological polar surface area (TPSA) is 38.9 Å². The Morgan fingerprint density at radius 3 is 2.35 bits per heavy atom. The maximum absolute atomic E-state index is 6.51. The molecular weight excluding hydrogens is 416 g/mol. The van der Waals surface area contributed by atoms with Crippen LogP contribution in [0.3, 0.4) is 0 Å². The Bertz CT molecular complexity index is 1880. The predicted molar refractivity (Wildman–Crippen MR) is 140 cm³/mol. The fourth-order valence-electron chi connectivity index (χ4n) is 4.86. The van der Waals surface area contributed by atoms with Crippen LogP contribution in [0.1, 0.15) is 5.69 Å². The van der Waals surface area contributed by atoms with Crippen LogP contribution in [0.2, 0.25) is 0 Å². The quantitative estimate of drug-likeness (QED) is 0.273. The van der Waals surface area contributed by atoms with Crippen molar-refractivity contribution in [2.24, 2.45) is 0 Å². The highest BCUT2D eigenvalue weighted by Crippen LogP contribution is 2.38. The van der Waals surface area contributed by atoms with Crippen LogP contribution in [0.4, 0.5) is 0 Å². The van der Waals surface area contributed by atoms with Crippen LogP contribution in [0.25, 0.3) is 66.0 Å². The van der Waals surface area contributed by atoms with Crippen molar-refractivity contribution in [3.63, 3.8) is 0 Å². The first-order valence-corrected chi connectivity index (χ1v) is 11.4. The molecule has 3 heterocycles. The number of aryl methyl sites for hydroxylation is 1. The van der Waals surface area contributed by atoms with E-state index in [1.807, 2.05) is 19.2 Å². The first kappa shape index (κ1) is 19.0. The zero-order valence-electron chi connectivity index (χ0n) is 18.6. The van der Waals surface area contributed by atoms with E-state index < -0.39 is 0 Å². The molecule has 3 aromatic heterocycles. The van der Waals surface area contributed by atoms with E-state index in [4.69, 9.17) is 14.4 Å². The lowest BCUT2D eigenvalue weighted by molar-refractivity contribution is 0.672. The minimum atomic E-state index is 0.828. The Morgan fingerprint density at radius 2 is 1.41 bits per heavy atom. The van der Waals surface area contributed by atoms with Gasteiger partial charge in [0.2, 0.25) is 0 Å². The molecule has 0 spiro atoms. The number of hydrogen-bond donors (Lipinski definition) is 0. The number of para-hydroxylation sites is 1. The van der Waals surface area contributed by atoms with Crippen LogP contribution in [0.15, 0.2) is 108 Å². The highest BCUT2D eigenvalue weighted by Gasteiger charge is 2.16. The molecule has 0 N–H and O–H groups in total. The molecule has 0 bridgehead atoms. The number of furan rings is 1. The third-order valence-corrected chi connectivity index (χ3v) is 6.58. The molecular formula is C31H20N2O. The maximum atomic E-state index is 6.51. The van der Waals surface area contributed by atoms with Gasteiger partial charge in [0, 0.05) is 33.6 Å². The lowest BCUT2D eigenvalue weighted by Gasteiger charge is -2.07. The number of pyridine rings is 2. The van der Waals surface area contributed by atoms with Gasteiger partial charge in [0.1, 0.15) is 11.1 Å². The van der Waals surface area contributed by atoms with Gasteiger partial charge in [-0.2, -0.15) is 0 Å². The zero-order chi connectivity index (χ0) is 22.6. The third kappa shape index (κ3) is 2.91. The average molecular weight is 437 g/mol. The van der Waals surface area contributed by atoms with E-state index in [1.54, 1.807) is 0 Å². The maximum Gasteiger partial charge on any atom is 0.161 e. The van der Waals surface area contributed by atoms with Crippen molar-refractivity contribution in [1.82, 2.24) is 9.97 Å². The molecule has 0 amide bonds. The molecule has 0 aliphatic heterocycles. The minimum absolute atomic E-state index is 0.828.